The van der Waals surface area contributed by atoms with E-state index in [4.69, 9.17) is 9.15 Å². The summed E-state index contributed by atoms with van der Waals surface area (Å²) in [6.07, 6.45) is 0. The molecule has 3 aromatic rings. The van der Waals surface area contributed by atoms with Crippen molar-refractivity contribution in [2.75, 3.05) is 39.5 Å². The molecule has 142 valence electrons. The van der Waals surface area contributed by atoms with Gasteiger partial charge in [-0.05, 0) is 29.8 Å². The fraction of sp³-hybridized carbons (Fsp3) is 0.364. The predicted octanol–water partition coefficient (Wildman–Crippen LogP) is 4.10. The number of fused-ring (bicyclic) bond motifs is 1. The summed E-state index contributed by atoms with van der Waals surface area (Å²) in [4.78, 5) is 4.91. The smallest absolute Gasteiger partial charge is 0.134 e. The Labute approximate surface area is 159 Å². The highest BCUT2D eigenvalue weighted by Crippen LogP contribution is 2.21. The summed E-state index contributed by atoms with van der Waals surface area (Å²) in [7, 11) is 0. The van der Waals surface area contributed by atoms with Crippen molar-refractivity contribution in [3.63, 3.8) is 0 Å². The molecule has 0 bridgehead atoms. The maximum absolute atomic E-state index is 12.1. The van der Waals surface area contributed by atoms with Gasteiger partial charge in [-0.25, -0.2) is 4.39 Å². The summed E-state index contributed by atoms with van der Waals surface area (Å²) in [5.41, 5.74) is 2.22. The van der Waals surface area contributed by atoms with E-state index in [1.165, 1.54) is 10.9 Å². The lowest BCUT2D eigenvalue weighted by Gasteiger charge is -2.34. The monoisotopic (exact) mass is 368 g/mol. The Balaban J connectivity index is 1.26. The van der Waals surface area contributed by atoms with Gasteiger partial charge in [0.2, 0.25) is 0 Å². The highest BCUT2D eigenvalue weighted by molar-refractivity contribution is 5.77. The van der Waals surface area contributed by atoms with Crippen molar-refractivity contribution in [3.8, 4) is 5.75 Å². The topological polar surface area (TPSA) is 28.9 Å². The van der Waals surface area contributed by atoms with Crippen LogP contribution in [0.4, 0.5) is 4.39 Å². The summed E-state index contributed by atoms with van der Waals surface area (Å²) >= 11 is 0. The fourth-order valence-electron chi connectivity index (χ4n) is 3.55. The van der Waals surface area contributed by atoms with E-state index in [0.717, 1.165) is 56.4 Å². The minimum atomic E-state index is -0.458. The maximum Gasteiger partial charge on any atom is 0.134 e. The Morgan fingerprint density at radius 1 is 0.889 bits per heavy atom. The third kappa shape index (κ3) is 4.67. The molecule has 5 heteroatoms. The van der Waals surface area contributed by atoms with Gasteiger partial charge < -0.3 is 9.15 Å². The standard InChI is InChI=1S/C22H25FN2O2/c23-9-14-26-20-7-5-18(6-8-20)16-24-10-12-25(13-11-24)17-21-15-19-3-1-2-4-22(19)27-21/h1-8,15H,9-14,16-17H2. The molecule has 0 N–H and O–H groups in total. The molecule has 0 unspecified atom stereocenters. The Kier molecular flexibility index (Phi) is 5.70. The summed E-state index contributed by atoms with van der Waals surface area (Å²) in [5, 5.41) is 1.17. The van der Waals surface area contributed by atoms with Gasteiger partial charge in [0, 0.05) is 38.1 Å². The predicted molar refractivity (Wildman–Crippen MR) is 105 cm³/mol. The summed E-state index contributed by atoms with van der Waals surface area (Å²) in [6, 6.07) is 18.3. The van der Waals surface area contributed by atoms with Crippen molar-refractivity contribution in [2.24, 2.45) is 0 Å². The van der Waals surface area contributed by atoms with Crippen LogP contribution in [-0.2, 0) is 13.1 Å². The lowest BCUT2D eigenvalue weighted by molar-refractivity contribution is 0.116. The largest absolute Gasteiger partial charge is 0.491 e. The Bertz CT molecular complexity index is 821. The SMILES string of the molecule is FCCOc1ccc(CN2CCN(Cc3cc4ccccc4o3)CC2)cc1. The van der Waals surface area contributed by atoms with Crippen LogP contribution in [-0.4, -0.2) is 49.3 Å². The first-order valence-electron chi connectivity index (χ1n) is 9.50. The third-order valence-corrected chi connectivity index (χ3v) is 5.00. The summed E-state index contributed by atoms with van der Waals surface area (Å²) in [5.74, 6) is 1.76. The second kappa shape index (κ2) is 8.55. The maximum atomic E-state index is 12.1. The molecule has 1 fully saturated rings. The molecular weight excluding hydrogens is 343 g/mol. The Morgan fingerprint density at radius 3 is 2.30 bits per heavy atom. The van der Waals surface area contributed by atoms with Gasteiger partial charge in [0.15, 0.2) is 0 Å². The zero-order valence-electron chi connectivity index (χ0n) is 15.4. The van der Waals surface area contributed by atoms with Crippen molar-refractivity contribution >= 4 is 11.0 Å². The first-order chi connectivity index (χ1) is 13.3. The minimum absolute atomic E-state index is 0.118. The van der Waals surface area contributed by atoms with Gasteiger partial charge in [-0.15, -0.1) is 0 Å². The molecule has 2 aromatic carbocycles. The van der Waals surface area contributed by atoms with E-state index in [-0.39, 0.29) is 6.61 Å². The van der Waals surface area contributed by atoms with Crippen LogP contribution >= 0.6 is 0 Å². The summed E-state index contributed by atoms with van der Waals surface area (Å²) in [6.45, 7) is 5.61. The van der Waals surface area contributed by atoms with E-state index >= 15 is 0 Å². The molecule has 0 spiro atoms. The number of furan rings is 1. The van der Waals surface area contributed by atoms with E-state index in [1.807, 2.05) is 30.3 Å². The third-order valence-electron chi connectivity index (χ3n) is 5.00. The van der Waals surface area contributed by atoms with Crippen LogP contribution in [0.5, 0.6) is 5.75 Å². The number of piperazine rings is 1. The lowest BCUT2D eigenvalue weighted by Crippen LogP contribution is -2.45. The molecule has 0 aliphatic carbocycles. The minimum Gasteiger partial charge on any atom is -0.491 e. The van der Waals surface area contributed by atoms with Crippen molar-refractivity contribution in [2.45, 2.75) is 13.1 Å². The van der Waals surface area contributed by atoms with Gasteiger partial charge >= 0.3 is 0 Å². The van der Waals surface area contributed by atoms with Crippen molar-refractivity contribution < 1.29 is 13.5 Å². The number of hydrogen-bond donors (Lipinski definition) is 0. The number of ether oxygens (including phenoxy) is 1. The van der Waals surface area contributed by atoms with E-state index in [2.05, 4.69) is 34.1 Å². The average molecular weight is 368 g/mol. The van der Waals surface area contributed by atoms with Gasteiger partial charge in [0.25, 0.3) is 0 Å². The lowest BCUT2D eigenvalue weighted by atomic mass is 10.2. The highest BCUT2D eigenvalue weighted by atomic mass is 19.1. The van der Waals surface area contributed by atoms with E-state index < -0.39 is 6.67 Å². The second-order valence-electron chi connectivity index (χ2n) is 6.98. The second-order valence-corrected chi connectivity index (χ2v) is 6.98. The number of alkyl halides is 1. The van der Waals surface area contributed by atoms with E-state index in [9.17, 15) is 4.39 Å². The van der Waals surface area contributed by atoms with E-state index in [1.54, 1.807) is 0 Å². The van der Waals surface area contributed by atoms with Gasteiger partial charge in [0.1, 0.15) is 30.4 Å². The van der Waals surface area contributed by atoms with Crippen LogP contribution < -0.4 is 4.74 Å². The molecular formula is C22H25FN2O2. The molecule has 27 heavy (non-hydrogen) atoms. The Morgan fingerprint density at radius 2 is 1.59 bits per heavy atom. The van der Waals surface area contributed by atoms with Crippen LogP contribution in [0.25, 0.3) is 11.0 Å². The first-order valence-corrected chi connectivity index (χ1v) is 9.50. The van der Waals surface area contributed by atoms with Gasteiger partial charge in [-0.1, -0.05) is 30.3 Å². The quantitative estimate of drug-likeness (QED) is 0.628. The van der Waals surface area contributed by atoms with Crippen LogP contribution in [0.15, 0.2) is 59.0 Å². The number of benzene rings is 2. The molecule has 1 saturated heterocycles. The molecule has 0 saturated carbocycles. The van der Waals surface area contributed by atoms with E-state index in [0.29, 0.717) is 0 Å². The molecule has 0 radical (unpaired) electrons. The average Bonchev–Trinajstić information content (AvgIpc) is 3.11. The van der Waals surface area contributed by atoms with Crippen LogP contribution in [0.3, 0.4) is 0 Å². The van der Waals surface area contributed by atoms with Crippen LogP contribution in [0, 0.1) is 0 Å². The van der Waals surface area contributed by atoms with Gasteiger partial charge in [-0.2, -0.15) is 0 Å². The Hall–Kier alpha value is -2.37. The number of halogens is 1. The van der Waals surface area contributed by atoms with Crippen molar-refractivity contribution in [1.82, 2.24) is 9.80 Å². The number of para-hydroxylation sites is 1. The number of hydrogen-bond acceptors (Lipinski definition) is 4. The molecule has 0 amide bonds. The first kappa shape index (κ1) is 18.0. The van der Waals surface area contributed by atoms with Crippen molar-refractivity contribution in [3.05, 3.63) is 65.9 Å². The fourth-order valence-corrected chi connectivity index (χ4v) is 3.55. The summed E-state index contributed by atoms with van der Waals surface area (Å²) < 4.78 is 23.4. The van der Waals surface area contributed by atoms with Crippen LogP contribution in [0.2, 0.25) is 0 Å². The van der Waals surface area contributed by atoms with Gasteiger partial charge in [-0.3, -0.25) is 9.80 Å². The zero-order valence-corrected chi connectivity index (χ0v) is 15.4. The molecule has 4 nitrogen and oxygen atoms in total. The molecule has 4 rings (SSSR count). The highest BCUT2D eigenvalue weighted by Gasteiger charge is 2.18. The molecule has 0 atom stereocenters. The molecule has 1 aromatic heterocycles. The van der Waals surface area contributed by atoms with Gasteiger partial charge in [0.05, 0.1) is 6.54 Å². The van der Waals surface area contributed by atoms with Crippen LogP contribution in [0.1, 0.15) is 11.3 Å². The zero-order chi connectivity index (χ0) is 18.5. The molecule has 1 aliphatic rings. The molecule has 1 aliphatic heterocycles. The number of rotatable bonds is 7. The van der Waals surface area contributed by atoms with Crippen molar-refractivity contribution in [1.29, 1.82) is 0 Å². The molecule has 2 heterocycles. The normalized spacial score (nSPS) is 16.0. The number of nitrogens with zero attached hydrogens (tertiary/aromatic N) is 2.